The van der Waals surface area contributed by atoms with E-state index in [2.05, 4.69) is 38.4 Å². The molecule has 2 aliphatic heterocycles. The van der Waals surface area contributed by atoms with Crippen LogP contribution >= 0.6 is 0 Å². The van der Waals surface area contributed by atoms with Crippen molar-refractivity contribution in [2.45, 2.75) is 57.4 Å². The molecule has 1 amide bonds. The standard InChI is InChI=1S/C26H31FN6O2/c1-15(19-14-28-20-8-2-6-18(25(19)20)22-10-11-23(27)35-22)13-24(34)33-12-4-7-16-17(5-3-9-21(16)33)26-29-31-32-30-26/h2,6,8,10-11,14-17,21,28,31-32H,3-5,7,9,12-13H2,1H3,(H,29,30). The number of hydrazone groups is 1. The minimum absolute atomic E-state index is 0.00578. The second-order valence-corrected chi connectivity index (χ2v) is 10.0. The number of H-pyrrole nitrogens is 1. The van der Waals surface area contributed by atoms with E-state index in [4.69, 9.17) is 4.42 Å². The number of amidine groups is 1. The van der Waals surface area contributed by atoms with Crippen LogP contribution in [0.15, 0.2) is 46.0 Å². The predicted octanol–water partition coefficient (Wildman–Crippen LogP) is 4.39. The summed E-state index contributed by atoms with van der Waals surface area (Å²) in [7, 11) is 0. The number of hydrogen-bond donors (Lipinski definition) is 4. The van der Waals surface area contributed by atoms with Gasteiger partial charge in [0.2, 0.25) is 5.91 Å². The van der Waals surface area contributed by atoms with Crippen molar-refractivity contribution in [3.63, 3.8) is 0 Å². The first-order valence-corrected chi connectivity index (χ1v) is 12.6. The third-order valence-electron chi connectivity index (χ3n) is 8.04. The number of carbonyl (C=O) groups excluding carboxylic acids is 1. The van der Waals surface area contributed by atoms with E-state index >= 15 is 0 Å². The van der Waals surface area contributed by atoms with Crippen LogP contribution < -0.4 is 16.5 Å². The maximum atomic E-state index is 13.7. The minimum atomic E-state index is -0.604. The van der Waals surface area contributed by atoms with Crippen LogP contribution in [-0.2, 0) is 4.79 Å². The van der Waals surface area contributed by atoms with E-state index in [9.17, 15) is 9.18 Å². The van der Waals surface area contributed by atoms with Gasteiger partial charge in [-0.05, 0) is 55.2 Å². The van der Waals surface area contributed by atoms with Gasteiger partial charge in [0.1, 0.15) is 11.6 Å². The third-order valence-corrected chi connectivity index (χ3v) is 8.04. The number of furan rings is 1. The van der Waals surface area contributed by atoms with Gasteiger partial charge >= 0.3 is 0 Å². The Morgan fingerprint density at radius 3 is 2.94 bits per heavy atom. The number of nitrogens with one attached hydrogen (secondary N) is 4. The van der Waals surface area contributed by atoms with Crippen LogP contribution in [0.4, 0.5) is 4.39 Å². The molecular weight excluding hydrogens is 447 g/mol. The molecule has 4 N–H and O–H groups in total. The topological polar surface area (TPSA) is 97.7 Å². The summed E-state index contributed by atoms with van der Waals surface area (Å²) in [4.78, 5) is 19.1. The Kier molecular flexibility index (Phi) is 5.72. The van der Waals surface area contributed by atoms with E-state index in [0.717, 1.165) is 66.5 Å². The van der Waals surface area contributed by atoms with Crippen LogP contribution in [-0.4, -0.2) is 34.2 Å². The second kappa shape index (κ2) is 9.03. The molecule has 0 bridgehead atoms. The van der Waals surface area contributed by atoms with Gasteiger partial charge in [-0.15, -0.1) is 10.6 Å². The zero-order chi connectivity index (χ0) is 23.9. The lowest BCUT2D eigenvalue weighted by molar-refractivity contribution is -0.138. The molecule has 3 aromatic rings. The molecule has 2 fully saturated rings. The highest BCUT2D eigenvalue weighted by Crippen LogP contribution is 2.41. The number of aromatic amines is 1. The molecule has 184 valence electrons. The number of benzene rings is 1. The van der Waals surface area contributed by atoms with Gasteiger partial charge in [-0.25, -0.2) is 5.53 Å². The first kappa shape index (κ1) is 22.2. The number of rotatable bonds is 5. The fourth-order valence-corrected chi connectivity index (χ4v) is 6.47. The fraction of sp³-hybridized carbons (Fsp3) is 0.462. The summed E-state index contributed by atoms with van der Waals surface area (Å²) in [5.41, 5.74) is 11.6. The Morgan fingerprint density at radius 2 is 2.14 bits per heavy atom. The van der Waals surface area contributed by atoms with Crippen molar-refractivity contribution < 1.29 is 13.6 Å². The van der Waals surface area contributed by atoms with E-state index in [-0.39, 0.29) is 17.9 Å². The Morgan fingerprint density at radius 1 is 1.23 bits per heavy atom. The Balaban J connectivity index is 1.23. The summed E-state index contributed by atoms with van der Waals surface area (Å²) in [5.74, 6) is 2.44. The molecule has 1 aliphatic carbocycles. The van der Waals surface area contributed by atoms with Crippen LogP contribution in [0.5, 0.6) is 0 Å². The van der Waals surface area contributed by atoms with Gasteiger partial charge in [-0.3, -0.25) is 10.2 Å². The molecule has 9 heteroatoms. The molecule has 0 radical (unpaired) electrons. The van der Waals surface area contributed by atoms with Crippen molar-refractivity contribution in [2.75, 3.05) is 6.54 Å². The van der Waals surface area contributed by atoms with Gasteiger partial charge in [0, 0.05) is 53.7 Å². The molecule has 2 aromatic heterocycles. The summed E-state index contributed by atoms with van der Waals surface area (Å²) < 4.78 is 18.9. The second-order valence-electron chi connectivity index (χ2n) is 10.0. The van der Waals surface area contributed by atoms with Gasteiger partial charge < -0.3 is 14.3 Å². The van der Waals surface area contributed by atoms with Crippen LogP contribution in [0.2, 0.25) is 0 Å². The van der Waals surface area contributed by atoms with Gasteiger partial charge in [0.15, 0.2) is 0 Å². The number of hydrazine groups is 2. The van der Waals surface area contributed by atoms with E-state index in [1.54, 1.807) is 6.07 Å². The zero-order valence-electron chi connectivity index (χ0n) is 19.8. The maximum Gasteiger partial charge on any atom is 0.278 e. The van der Waals surface area contributed by atoms with Crippen molar-refractivity contribution in [1.29, 1.82) is 0 Å². The Labute approximate surface area is 203 Å². The Bertz CT molecular complexity index is 1270. The van der Waals surface area contributed by atoms with Gasteiger partial charge in [-0.1, -0.05) is 25.5 Å². The van der Waals surface area contributed by atoms with E-state index < -0.39 is 6.01 Å². The predicted molar refractivity (Wildman–Crippen MR) is 131 cm³/mol. The SMILES string of the molecule is CC(CC(=O)N1CCCC2C(C3=NNNN3)CCCC21)c1c[nH]c2cccc(-c3ccc(F)o3)c12. The van der Waals surface area contributed by atoms with Crippen molar-refractivity contribution in [1.82, 2.24) is 26.4 Å². The molecular formula is C26H31FN6O2. The minimum Gasteiger partial charge on any atom is -0.431 e. The van der Waals surface area contributed by atoms with Crippen molar-refractivity contribution in [2.24, 2.45) is 16.9 Å². The van der Waals surface area contributed by atoms with Crippen LogP contribution in [0.1, 0.15) is 56.9 Å². The molecule has 0 spiro atoms. The molecule has 6 rings (SSSR count). The number of likely N-dealkylation sites (tertiary alicyclic amines) is 1. The van der Waals surface area contributed by atoms with E-state index in [0.29, 0.717) is 24.0 Å². The number of carbonyl (C=O) groups is 1. The lowest BCUT2D eigenvalue weighted by atomic mass is 9.70. The number of halogens is 1. The van der Waals surface area contributed by atoms with Crippen LogP contribution in [0.25, 0.3) is 22.2 Å². The summed E-state index contributed by atoms with van der Waals surface area (Å²) in [6.45, 7) is 2.92. The third kappa shape index (κ3) is 3.97. The first-order chi connectivity index (χ1) is 17.1. The number of hydrogen-bond acceptors (Lipinski definition) is 6. The van der Waals surface area contributed by atoms with Gasteiger partial charge in [-0.2, -0.15) is 4.39 Å². The summed E-state index contributed by atoms with van der Waals surface area (Å²) >= 11 is 0. The van der Waals surface area contributed by atoms with Gasteiger partial charge in [0.05, 0.1) is 0 Å². The van der Waals surface area contributed by atoms with Crippen molar-refractivity contribution in [3.05, 3.63) is 48.1 Å². The molecule has 1 aromatic carbocycles. The highest BCUT2D eigenvalue weighted by Gasteiger charge is 2.43. The molecule has 4 heterocycles. The highest BCUT2D eigenvalue weighted by atomic mass is 19.1. The summed E-state index contributed by atoms with van der Waals surface area (Å²) in [6.07, 6.45) is 7.80. The molecule has 4 atom stereocenters. The largest absolute Gasteiger partial charge is 0.431 e. The fourth-order valence-electron chi connectivity index (χ4n) is 6.47. The molecule has 35 heavy (non-hydrogen) atoms. The lowest BCUT2D eigenvalue weighted by Gasteiger charge is -2.47. The smallest absolute Gasteiger partial charge is 0.278 e. The first-order valence-electron chi connectivity index (χ1n) is 12.6. The van der Waals surface area contributed by atoms with Gasteiger partial charge in [0.25, 0.3) is 6.01 Å². The molecule has 1 saturated carbocycles. The average Bonchev–Trinajstić information content (AvgIpc) is 3.64. The van der Waals surface area contributed by atoms with Crippen molar-refractivity contribution >= 4 is 22.6 Å². The Hall–Kier alpha value is -3.33. The summed E-state index contributed by atoms with van der Waals surface area (Å²) in [6, 6.07) is 8.50. The maximum absolute atomic E-state index is 13.7. The zero-order valence-corrected chi connectivity index (χ0v) is 19.8. The molecule has 4 unspecified atom stereocenters. The van der Waals surface area contributed by atoms with Crippen LogP contribution in [0, 0.1) is 17.8 Å². The van der Waals surface area contributed by atoms with E-state index in [1.807, 2.05) is 24.4 Å². The average molecular weight is 479 g/mol. The monoisotopic (exact) mass is 478 g/mol. The number of aromatic nitrogens is 1. The lowest BCUT2D eigenvalue weighted by Crippen LogP contribution is -2.54. The van der Waals surface area contributed by atoms with Crippen molar-refractivity contribution in [3.8, 4) is 11.3 Å². The van der Waals surface area contributed by atoms with Crippen LogP contribution in [0.3, 0.4) is 0 Å². The number of piperidine rings is 1. The normalized spacial score (nSPS) is 25.0. The number of amides is 1. The van der Waals surface area contributed by atoms with E-state index in [1.165, 1.54) is 6.07 Å². The highest BCUT2D eigenvalue weighted by molar-refractivity contribution is 5.97. The molecule has 3 aliphatic rings. The molecule has 1 saturated heterocycles. The summed E-state index contributed by atoms with van der Waals surface area (Å²) in [5, 5.41) is 5.36. The quantitative estimate of drug-likeness (QED) is 0.436. The molecule has 8 nitrogen and oxygen atoms in total. The number of fused-ring (bicyclic) bond motifs is 2. The number of nitrogens with zero attached hydrogens (tertiary/aromatic N) is 2.